The molecule has 1 atom stereocenters. The van der Waals surface area contributed by atoms with Gasteiger partial charge in [0.05, 0.1) is 29.3 Å². The maximum atomic E-state index is 12.4. The predicted molar refractivity (Wildman–Crippen MR) is 111 cm³/mol. The van der Waals surface area contributed by atoms with Crippen LogP contribution in [-0.4, -0.2) is 36.7 Å². The summed E-state index contributed by atoms with van der Waals surface area (Å²) >= 11 is 11.8. The van der Waals surface area contributed by atoms with Crippen molar-refractivity contribution in [1.82, 2.24) is 4.98 Å². The second-order valence-corrected chi connectivity index (χ2v) is 7.43. The van der Waals surface area contributed by atoms with E-state index in [2.05, 4.69) is 10.3 Å². The molecule has 9 heteroatoms. The predicted octanol–water partition coefficient (Wildman–Crippen LogP) is 4.62. The number of halogens is 2. The fourth-order valence-corrected chi connectivity index (χ4v) is 2.60. The maximum absolute atomic E-state index is 12.4. The maximum Gasteiger partial charge on any atom is 0.339 e. The SMILES string of the molecule is COc1cc(C(=O)OC(C)C(=O)Nc2ncc(Cl)cc2Cl)ccc1OCC(C)C. The van der Waals surface area contributed by atoms with Gasteiger partial charge in [-0.15, -0.1) is 0 Å². The molecule has 0 aliphatic carbocycles. The monoisotopic (exact) mass is 440 g/mol. The number of carbonyl (C=O) groups is 2. The Labute approximate surface area is 179 Å². The Morgan fingerprint density at radius 2 is 1.86 bits per heavy atom. The summed E-state index contributed by atoms with van der Waals surface area (Å²) in [7, 11) is 1.48. The second-order valence-electron chi connectivity index (χ2n) is 6.59. The van der Waals surface area contributed by atoms with Crippen molar-refractivity contribution < 1.29 is 23.8 Å². The van der Waals surface area contributed by atoms with Crippen LogP contribution in [0.15, 0.2) is 30.5 Å². The molecule has 1 amide bonds. The van der Waals surface area contributed by atoms with Crippen molar-refractivity contribution in [2.45, 2.75) is 26.9 Å². The Balaban J connectivity index is 2.03. The molecule has 1 aromatic heterocycles. The van der Waals surface area contributed by atoms with Crippen LogP contribution in [-0.2, 0) is 9.53 Å². The van der Waals surface area contributed by atoms with Gasteiger partial charge >= 0.3 is 5.97 Å². The number of esters is 1. The first-order valence-electron chi connectivity index (χ1n) is 8.85. The molecule has 2 aromatic rings. The van der Waals surface area contributed by atoms with Crippen molar-refractivity contribution in [3.63, 3.8) is 0 Å². The van der Waals surface area contributed by atoms with Gasteiger partial charge < -0.3 is 19.5 Å². The molecule has 7 nitrogen and oxygen atoms in total. The van der Waals surface area contributed by atoms with E-state index in [1.165, 1.54) is 32.4 Å². The number of hydrogen-bond donors (Lipinski definition) is 1. The minimum absolute atomic E-state index is 0.122. The number of rotatable bonds is 8. The molecular formula is C20H22Cl2N2O5. The van der Waals surface area contributed by atoms with Crippen LogP contribution >= 0.6 is 23.2 Å². The van der Waals surface area contributed by atoms with Gasteiger partial charge in [-0.05, 0) is 37.1 Å². The third-order valence-corrected chi connectivity index (χ3v) is 4.17. The molecule has 156 valence electrons. The molecule has 1 unspecified atom stereocenters. The van der Waals surface area contributed by atoms with Crippen molar-refractivity contribution in [3.05, 3.63) is 46.1 Å². The van der Waals surface area contributed by atoms with E-state index in [0.29, 0.717) is 29.0 Å². The topological polar surface area (TPSA) is 86.8 Å². The second kappa shape index (κ2) is 10.3. The molecule has 0 spiro atoms. The van der Waals surface area contributed by atoms with E-state index in [0.717, 1.165) is 0 Å². The van der Waals surface area contributed by atoms with Crippen LogP contribution in [0.25, 0.3) is 0 Å². The quantitative estimate of drug-likeness (QED) is 0.602. The lowest BCUT2D eigenvalue weighted by atomic mass is 10.2. The van der Waals surface area contributed by atoms with Gasteiger partial charge in [0.25, 0.3) is 5.91 Å². The van der Waals surface area contributed by atoms with Crippen LogP contribution in [0.4, 0.5) is 5.82 Å². The normalized spacial score (nSPS) is 11.7. The van der Waals surface area contributed by atoms with E-state index in [9.17, 15) is 9.59 Å². The number of ether oxygens (including phenoxy) is 3. The number of pyridine rings is 1. The molecule has 0 aliphatic heterocycles. The summed E-state index contributed by atoms with van der Waals surface area (Å²) in [6.07, 6.45) is 0.258. The van der Waals surface area contributed by atoms with Crippen LogP contribution in [0.5, 0.6) is 11.5 Å². The third-order valence-electron chi connectivity index (χ3n) is 3.67. The highest BCUT2D eigenvalue weighted by molar-refractivity contribution is 6.36. The number of amides is 1. The van der Waals surface area contributed by atoms with Gasteiger partial charge in [0.15, 0.2) is 23.4 Å². The molecule has 0 radical (unpaired) electrons. The molecule has 29 heavy (non-hydrogen) atoms. The molecule has 0 saturated carbocycles. The van der Waals surface area contributed by atoms with Crippen molar-refractivity contribution in [2.24, 2.45) is 5.92 Å². The fourth-order valence-electron chi connectivity index (χ4n) is 2.18. The summed E-state index contributed by atoms with van der Waals surface area (Å²) in [4.78, 5) is 28.6. The zero-order chi connectivity index (χ0) is 21.6. The van der Waals surface area contributed by atoms with E-state index in [4.69, 9.17) is 37.4 Å². The zero-order valence-corrected chi connectivity index (χ0v) is 18.0. The van der Waals surface area contributed by atoms with E-state index in [1.807, 2.05) is 13.8 Å². The van der Waals surface area contributed by atoms with Gasteiger partial charge in [0, 0.05) is 6.20 Å². The molecule has 0 fully saturated rings. The first-order valence-corrected chi connectivity index (χ1v) is 9.60. The average molecular weight is 441 g/mol. The minimum atomic E-state index is -1.08. The summed E-state index contributed by atoms with van der Waals surface area (Å²) in [5, 5.41) is 3.00. The van der Waals surface area contributed by atoms with Crippen molar-refractivity contribution >= 4 is 40.9 Å². The van der Waals surface area contributed by atoms with Crippen LogP contribution < -0.4 is 14.8 Å². The van der Waals surface area contributed by atoms with Gasteiger partial charge in [-0.2, -0.15) is 0 Å². The Hall–Kier alpha value is -2.51. The van der Waals surface area contributed by atoms with Gasteiger partial charge in [-0.3, -0.25) is 4.79 Å². The Morgan fingerprint density at radius 1 is 1.14 bits per heavy atom. The molecule has 0 aliphatic rings. The summed E-state index contributed by atoms with van der Waals surface area (Å²) in [5.74, 6) is 0.112. The highest BCUT2D eigenvalue weighted by Gasteiger charge is 2.21. The van der Waals surface area contributed by atoms with E-state index in [-0.39, 0.29) is 16.4 Å². The fraction of sp³-hybridized carbons (Fsp3) is 0.350. The number of methoxy groups -OCH3 is 1. The van der Waals surface area contributed by atoms with Crippen molar-refractivity contribution in [2.75, 3.05) is 19.0 Å². The lowest BCUT2D eigenvalue weighted by Crippen LogP contribution is -2.30. The summed E-state index contributed by atoms with van der Waals surface area (Å²) in [6.45, 7) is 6.00. The summed E-state index contributed by atoms with van der Waals surface area (Å²) in [6, 6.07) is 6.11. The number of hydrogen-bond acceptors (Lipinski definition) is 6. The van der Waals surface area contributed by atoms with Gasteiger partial charge in [-0.25, -0.2) is 9.78 Å². The van der Waals surface area contributed by atoms with E-state index < -0.39 is 18.0 Å². The lowest BCUT2D eigenvalue weighted by molar-refractivity contribution is -0.123. The number of nitrogens with one attached hydrogen (secondary N) is 1. The smallest absolute Gasteiger partial charge is 0.339 e. The number of anilines is 1. The largest absolute Gasteiger partial charge is 0.493 e. The Kier molecular flexibility index (Phi) is 8.10. The molecule has 1 N–H and O–H groups in total. The number of carbonyl (C=O) groups excluding carboxylic acids is 2. The standard InChI is InChI=1S/C20H22Cl2N2O5/c1-11(2)10-28-16-6-5-13(7-17(16)27-4)20(26)29-12(3)19(25)24-18-15(22)8-14(21)9-23-18/h5-9,11-12H,10H2,1-4H3,(H,23,24,25). The van der Waals surface area contributed by atoms with Crippen molar-refractivity contribution in [3.8, 4) is 11.5 Å². The average Bonchev–Trinajstić information content (AvgIpc) is 2.68. The summed E-state index contributed by atoms with van der Waals surface area (Å²) in [5.41, 5.74) is 0.223. The van der Waals surface area contributed by atoms with E-state index >= 15 is 0 Å². The van der Waals surface area contributed by atoms with Crippen LogP contribution in [0.1, 0.15) is 31.1 Å². The Morgan fingerprint density at radius 3 is 2.48 bits per heavy atom. The van der Waals surface area contributed by atoms with Gasteiger partial charge in [0.2, 0.25) is 0 Å². The Bertz CT molecular complexity index is 889. The molecule has 0 saturated heterocycles. The molecule has 0 bridgehead atoms. The first kappa shape index (κ1) is 22.8. The molecule has 2 rings (SSSR count). The number of aromatic nitrogens is 1. The highest BCUT2D eigenvalue weighted by atomic mass is 35.5. The molecular weight excluding hydrogens is 419 g/mol. The number of nitrogens with zero attached hydrogens (tertiary/aromatic N) is 1. The van der Waals surface area contributed by atoms with Crippen LogP contribution in [0.2, 0.25) is 10.0 Å². The lowest BCUT2D eigenvalue weighted by Gasteiger charge is -2.15. The van der Waals surface area contributed by atoms with Crippen LogP contribution in [0.3, 0.4) is 0 Å². The zero-order valence-electron chi connectivity index (χ0n) is 16.5. The van der Waals surface area contributed by atoms with Crippen LogP contribution in [0, 0.1) is 5.92 Å². The van der Waals surface area contributed by atoms with Gasteiger partial charge in [0.1, 0.15) is 0 Å². The number of benzene rings is 1. The van der Waals surface area contributed by atoms with Crippen molar-refractivity contribution in [1.29, 1.82) is 0 Å². The summed E-state index contributed by atoms with van der Waals surface area (Å²) < 4.78 is 16.2. The highest BCUT2D eigenvalue weighted by Crippen LogP contribution is 2.29. The minimum Gasteiger partial charge on any atom is -0.493 e. The molecule has 1 aromatic carbocycles. The van der Waals surface area contributed by atoms with E-state index in [1.54, 1.807) is 12.1 Å². The third kappa shape index (κ3) is 6.51. The van der Waals surface area contributed by atoms with Gasteiger partial charge in [-0.1, -0.05) is 37.0 Å². The first-order chi connectivity index (χ1) is 13.7. The molecule has 1 heterocycles.